The Morgan fingerprint density at radius 1 is 1.47 bits per heavy atom. The number of nitrogens with zero attached hydrogens (tertiary/aromatic N) is 2. The lowest BCUT2D eigenvalue weighted by Gasteiger charge is -2.21. The molecule has 0 saturated heterocycles. The fourth-order valence-corrected chi connectivity index (χ4v) is 2.89. The molecule has 0 aliphatic heterocycles. The lowest BCUT2D eigenvalue weighted by molar-refractivity contribution is -0.133. The second kappa shape index (κ2) is 6.10. The highest BCUT2D eigenvalue weighted by Crippen LogP contribution is 2.27. The van der Waals surface area contributed by atoms with Crippen LogP contribution in [0, 0.1) is 0 Å². The predicted molar refractivity (Wildman–Crippen MR) is 68.1 cm³/mol. The Morgan fingerprint density at radius 3 is 2.94 bits per heavy atom. The maximum absolute atomic E-state index is 10.4. The minimum Gasteiger partial charge on any atom is -0.481 e. The van der Waals surface area contributed by atoms with E-state index in [9.17, 15) is 4.79 Å². The highest BCUT2D eigenvalue weighted by Gasteiger charge is 2.15. The van der Waals surface area contributed by atoms with Gasteiger partial charge in [0.05, 0.1) is 17.5 Å². The van der Waals surface area contributed by atoms with Crippen LogP contribution in [0.5, 0.6) is 0 Å². The normalized spacial score (nSPS) is 17.2. The fourth-order valence-electron chi connectivity index (χ4n) is 2.25. The summed E-state index contributed by atoms with van der Waals surface area (Å²) in [5.74, 6) is 0.0733. The van der Waals surface area contributed by atoms with Crippen molar-refractivity contribution in [2.75, 3.05) is 5.75 Å². The number of aliphatic carboxylic acids is 1. The Labute approximate surface area is 105 Å². The molecule has 1 N–H and O–H groups in total. The maximum atomic E-state index is 10.4. The lowest BCUT2D eigenvalue weighted by atomic mass is 9.96. The zero-order chi connectivity index (χ0) is 12.1. The summed E-state index contributed by atoms with van der Waals surface area (Å²) in [7, 11) is 0. The molecule has 0 spiro atoms. The zero-order valence-electron chi connectivity index (χ0n) is 9.84. The summed E-state index contributed by atoms with van der Waals surface area (Å²) in [4.78, 5) is 10.4. The van der Waals surface area contributed by atoms with E-state index in [1.54, 1.807) is 0 Å². The van der Waals surface area contributed by atoms with Gasteiger partial charge in [-0.25, -0.2) is 0 Å². The minimum atomic E-state index is -0.762. The Hall–Kier alpha value is -0.970. The van der Waals surface area contributed by atoms with E-state index in [1.807, 2.05) is 12.3 Å². The Kier molecular flexibility index (Phi) is 4.48. The van der Waals surface area contributed by atoms with Crippen molar-refractivity contribution < 1.29 is 9.90 Å². The lowest BCUT2D eigenvalue weighted by Crippen LogP contribution is -2.13. The molecule has 1 heterocycles. The zero-order valence-corrected chi connectivity index (χ0v) is 10.7. The van der Waals surface area contributed by atoms with Crippen LogP contribution in [0.25, 0.3) is 0 Å². The molecule has 0 bridgehead atoms. The molecule has 1 aromatic rings. The largest absolute Gasteiger partial charge is 0.481 e. The summed E-state index contributed by atoms with van der Waals surface area (Å²) in [6.07, 6.45) is 8.43. The molecule has 1 aliphatic carbocycles. The second-order valence-corrected chi connectivity index (χ2v) is 5.45. The molecule has 0 radical (unpaired) electrons. The molecule has 1 saturated carbocycles. The maximum Gasteiger partial charge on any atom is 0.313 e. The summed E-state index contributed by atoms with van der Waals surface area (Å²) >= 11 is 1.40. The van der Waals surface area contributed by atoms with E-state index < -0.39 is 5.97 Å². The molecule has 0 amide bonds. The Bertz CT molecular complexity index is 372. The third kappa shape index (κ3) is 3.77. The first kappa shape index (κ1) is 12.5. The number of carboxylic acids is 1. The van der Waals surface area contributed by atoms with Gasteiger partial charge < -0.3 is 5.11 Å². The molecule has 0 aromatic carbocycles. The van der Waals surface area contributed by atoms with Crippen LogP contribution in [-0.4, -0.2) is 26.6 Å². The van der Waals surface area contributed by atoms with E-state index >= 15 is 0 Å². The molecule has 17 heavy (non-hydrogen) atoms. The van der Waals surface area contributed by atoms with Gasteiger partial charge >= 0.3 is 5.97 Å². The number of hydrogen-bond acceptors (Lipinski definition) is 3. The van der Waals surface area contributed by atoms with Crippen LogP contribution < -0.4 is 0 Å². The van der Waals surface area contributed by atoms with E-state index in [2.05, 4.69) is 9.78 Å². The summed E-state index contributed by atoms with van der Waals surface area (Å²) in [6, 6.07) is 2.56. The number of aromatic nitrogens is 2. The van der Waals surface area contributed by atoms with E-state index in [4.69, 9.17) is 5.11 Å². The molecule has 94 valence electrons. The van der Waals surface area contributed by atoms with Crippen LogP contribution in [-0.2, 0) is 10.5 Å². The first-order valence-corrected chi connectivity index (χ1v) is 7.25. The molecule has 2 rings (SSSR count). The average Bonchev–Trinajstić information content (AvgIpc) is 2.78. The van der Waals surface area contributed by atoms with Gasteiger partial charge in [0.1, 0.15) is 0 Å². The molecule has 4 nitrogen and oxygen atoms in total. The highest BCUT2D eigenvalue weighted by molar-refractivity contribution is 7.99. The van der Waals surface area contributed by atoms with Gasteiger partial charge in [-0.15, -0.1) is 11.8 Å². The minimum absolute atomic E-state index is 0.149. The van der Waals surface area contributed by atoms with Crippen molar-refractivity contribution in [3.8, 4) is 0 Å². The number of thioether (sulfide) groups is 1. The standard InChI is InChI=1S/C12H18N2O2S/c15-12(16)9-17-8-10-6-7-14(13-10)11-4-2-1-3-5-11/h6-7,11H,1-5,8-9H2,(H,15,16). The molecule has 1 fully saturated rings. The number of hydrogen-bond donors (Lipinski definition) is 1. The van der Waals surface area contributed by atoms with Crippen molar-refractivity contribution in [1.82, 2.24) is 9.78 Å². The van der Waals surface area contributed by atoms with Gasteiger partial charge in [-0.1, -0.05) is 19.3 Å². The van der Waals surface area contributed by atoms with Crippen molar-refractivity contribution in [2.45, 2.75) is 43.9 Å². The fraction of sp³-hybridized carbons (Fsp3) is 0.667. The summed E-state index contributed by atoms with van der Waals surface area (Å²) in [5, 5.41) is 13.1. The smallest absolute Gasteiger partial charge is 0.313 e. The predicted octanol–water partition coefficient (Wildman–Crippen LogP) is 2.71. The topological polar surface area (TPSA) is 55.1 Å². The first-order valence-electron chi connectivity index (χ1n) is 6.09. The van der Waals surface area contributed by atoms with Crippen LogP contribution in [0.1, 0.15) is 43.8 Å². The molecular formula is C12H18N2O2S. The third-order valence-electron chi connectivity index (χ3n) is 3.09. The molecule has 0 unspecified atom stereocenters. The van der Waals surface area contributed by atoms with Gasteiger partial charge in [0.15, 0.2) is 0 Å². The van der Waals surface area contributed by atoms with Gasteiger partial charge in [-0.3, -0.25) is 9.48 Å². The van der Waals surface area contributed by atoms with Crippen LogP contribution in [0.15, 0.2) is 12.3 Å². The average molecular weight is 254 g/mol. The van der Waals surface area contributed by atoms with Crippen LogP contribution in [0.4, 0.5) is 0 Å². The summed E-state index contributed by atoms with van der Waals surface area (Å²) in [5.41, 5.74) is 0.988. The van der Waals surface area contributed by atoms with E-state index in [0.29, 0.717) is 11.8 Å². The first-order chi connectivity index (χ1) is 8.25. The number of rotatable bonds is 5. The van der Waals surface area contributed by atoms with Gasteiger partial charge in [0.25, 0.3) is 0 Å². The van der Waals surface area contributed by atoms with Gasteiger partial charge in [0, 0.05) is 11.9 Å². The Morgan fingerprint density at radius 2 is 2.24 bits per heavy atom. The molecule has 1 aromatic heterocycles. The Balaban J connectivity index is 1.84. The molecule has 5 heteroatoms. The van der Waals surface area contributed by atoms with Crippen molar-refractivity contribution >= 4 is 17.7 Å². The number of carboxylic acid groups (broad SMARTS) is 1. The quantitative estimate of drug-likeness (QED) is 0.877. The van der Waals surface area contributed by atoms with E-state index in [0.717, 1.165) is 5.69 Å². The summed E-state index contributed by atoms with van der Waals surface area (Å²) in [6.45, 7) is 0. The van der Waals surface area contributed by atoms with Gasteiger partial charge in [-0.05, 0) is 18.9 Å². The molecule has 0 atom stereocenters. The van der Waals surface area contributed by atoms with Crippen molar-refractivity contribution in [3.05, 3.63) is 18.0 Å². The molecule has 1 aliphatic rings. The van der Waals surface area contributed by atoms with Crippen molar-refractivity contribution in [3.63, 3.8) is 0 Å². The van der Waals surface area contributed by atoms with Crippen LogP contribution >= 0.6 is 11.8 Å². The van der Waals surface area contributed by atoms with Crippen LogP contribution in [0.2, 0.25) is 0 Å². The van der Waals surface area contributed by atoms with Crippen molar-refractivity contribution in [2.24, 2.45) is 0 Å². The van der Waals surface area contributed by atoms with Crippen molar-refractivity contribution in [1.29, 1.82) is 0 Å². The number of carbonyl (C=O) groups is 1. The van der Waals surface area contributed by atoms with Crippen LogP contribution in [0.3, 0.4) is 0 Å². The SMILES string of the molecule is O=C(O)CSCc1ccn(C2CCCCC2)n1. The monoisotopic (exact) mass is 254 g/mol. The third-order valence-corrected chi connectivity index (χ3v) is 4.04. The summed E-state index contributed by atoms with van der Waals surface area (Å²) < 4.78 is 2.07. The second-order valence-electron chi connectivity index (χ2n) is 4.47. The van der Waals surface area contributed by atoms with E-state index in [1.165, 1.54) is 43.9 Å². The molecular weight excluding hydrogens is 236 g/mol. The van der Waals surface area contributed by atoms with Gasteiger partial charge in [0.2, 0.25) is 0 Å². The highest BCUT2D eigenvalue weighted by atomic mass is 32.2. The van der Waals surface area contributed by atoms with Gasteiger partial charge in [-0.2, -0.15) is 5.10 Å². The van der Waals surface area contributed by atoms with E-state index in [-0.39, 0.29) is 5.75 Å².